The lowest BCUT2D eigenvalue weighted by molar-refractivity contribution is 0.134. The van der Waals surface area contributed by atoms with Crippen LogP contribution in [0.25, 0.3) is 0 Å². The molecule has 0 spiro atoms. The molecule has 0 amide bonds. The van der Waals surface area contributed by atoms with Crippen LogP contribution in [-0.4, -0.2) is 39.4 Å². The molecule has 1 fully saturated rings. The summed E-state index contributed by atoms with van der Waals surface area (Å²) in [5, 5.41) is 18.0. The molecule has 0 saturated carbocycles. The Bertz CT molecular complexity index is 333. The van der Waals surface area contributed by atoms with Gasteiger partial charge >= 0.3 is 0 Å². The molecule has 15 heavy (non-hydrogen) atoms. The topological polar surface area (TPSA) is 49.2 Å². The summed E-state index contributed by atoms with van der Waals surface area (Å²) in [6, 6.07) is 0.257. The SMILES string of the molecule is CC1CCN(Cc2nnc(Cl)s2)C1CO. The number of likely N-dealkylation sites (tertiary alicyclic amines) is 1. The summed E-state index contributed by atoms with van der Waals surface area (Å²) >= 11 is 7.13. The Labute approximate surface area is 97.9 Å². The van der Waals surface area contributed by atoms with Crippen molar-refractivity contribution in [3.05, 3.63) is 9.47 Å². The fraction of sp³-hybridized carbons (Fsp3) is 0.778. The van der Waals surface area contributed by atoms with Crippen LogP contribution in [0.4, 0.5) is 0 Å². The number of rotatable bonds is 3. The first-order valence-corrected chi connectivity index (χ1v) is 6.23. The number of nitrogens with zero attached hydrogens (tertiary/aromatic N) is 3. The quantitative estimate of drug-likeness (QED) is 0.877. The van der Waals surface area contributed by atoms with Gasteiger partial charge in [0.15, 0.2) is 0 Å². The van der Waals surface area contributed by atoms with Gasteiger partial charge in [-0.1, -0.05) is 18.3 Å². The number of aliphatic hydroxyl groups is 1. The zero-order chi connectivity index (χ0) is 10.8. The highest BCUT2D eigenvalue weighted by molar-refractivity contribution is 7.15. The van der Waals surface area contributed by atoms with E-state index in [2.05, 4.69) is 22.0 Å². The standard InChI is InChI=1S/C9H14ClN3OS/c1-6-2-3-13(7(6)5-14)4-8-11-12-9(10)15-8/h6-7,14H,2-5H2,1H3. The Hall–Kier alpha value is -0.230. The molecule has 4 nitrogen and oxygen atoms in total. The molecule has 84 valence electrons. The van der Waals surface area contributed by atoms with Crippen molar-refractivity contribution in [3.8, 4) is 0 Å². The van der Waals surface area contributed by atoms with Crippen molar-refractivity contribution < 1.29 is 5.11 Å². The third-order valence-corrected chi connectivity index (χ3v) is 3.97. The minimum absolute atomic E-state index is 0.216. The summed E-state index contributed by atoms with van der Waals surface area (Å²) in [4.78, 5) is 2.25. The predicted molar refractivity (Wildman–Crippen MR) is 60.0 cm³/mol. The third kappa shape index (κ3) is 2.47. The lowest BCUT2D eigenvalue weighted by Gasteiger charge is -2.23. The van der Waals surface area contributed by atoms with E-state index in [-0.39, 0.29) is 12.6 Å². The average Bonchev–Trinajstić information content (AvgIpc) is 2.75. The van der Waals surface area contributed by atoms with Crippen molar-refractivity contribution in [1.82, 2.24) is 15.1 Å². The molecule has 1 saturated heterocycles. The molecule has 0 bridgehead atoms. The van der Waals surface area contributed by atoms with E-state index in [1.807, 2.05) is 0 Å². The smallest absolute Gasteiger partial charge is 0.207 e. The molecule has 0 radical (unpaired) electrons. The van der Waals surface area contributed by atoms with Gasteiger partial charge in [-0.2, -0.15) is 0 Å². The van der Waals surface area contributed by atoms with E-state index in [0.29, 0.717) is 10.4 Å². The fourth-order valence-corrected chi connectivity index (χ4v) is 2.94. The summed E-state index contributed by atoms with van der Waals surface area (Å²) < 4.78 is 0.484. The van der Waals surface area contributed by atoms with Crippen molar-refractivity contribution in [3.63, 3.8) is 0 Å². The first kappa shape index (κ1) is 11.3. The van der Waals surface area contributed by atoms with Crippen LogP contribution in [0, 0.1) is 5.92 Å². The third-order valence-electron chi connectivity index (χ3n) is 2.97. The molecule has 2 heterocycles. The Balaban J connectivity index is 2.00. The molecule has 2 unspecified atom stereocenters. The molecule has 2 rings (SSSR count). The first-order valence-electron chi connectivity index (χ1n) is 5.03. The van der Waals surface area contributed by atoms with Crippen LogP contribution in [0.3, 0.4) is 0 Å². The Morgan fingerprint density at radius 2 is 2.40 bits per heavy atom. The van der Waals surface area contributed by atoms with Crippen LogP contribution >= 0.6 is 22.9 Å². The van der Waals surface area contributed by atoms with Crippen molar-refractivity contribution in [2.75, 3.05) is 13.2 Å². The van der Waals surface area contributed by atoms with Crippen LogP contribution in [0.1, 0.15) is 18.4 Å². The van der Waals surface area contributed by atoms with E-state index < -0.39 is 0 Å². The Kier molecular flexibility index (Phi) is 3.56. The molecule has 1 aliphatic heterocycles. The van der Waals surface area contributed by atoms with E-state index >= 15 is 0 Å². The highest BCUT2D eigenvalue weighted by Crippen LogP contribution is 2.26. The van der Waals surface area contributed by atoms with Gasteiger partial charge in [-0.25, -0.2) is 0 Å². The van der Waals surface area contributed by atoms with Crippen molar-refractivity contribution >= 4 is 22.9 Å². The van der Waals surface area contributed by atoms with Gasteiger partial charge in [0.25, 0.3) is 0 Å². The molecule has 1 aliphatic rings. The Morgan fingerprint density at radius 1 is 1.60 bits per heavy atom. The van der Waals surface area contributed by atoms with E-state index in [9.17, 15) is 5.11 Å². The minimum Gasteiger partial charge on any atom is -0.395 e. The first-order chi connectivity index (χ1) is 7.20. The molecule has 1 aromatic heterocycles. The van der Waals surface area contributed by atoms with Crippen LogP contribution in [-0.2, 0) is 6.54 Å². The number of aromatic nitrogens is 2. The van der Waals surface area contributed by atoms with Gasteiger partial charge in [0.1, 0.15) is 5.01 Å². The zero-order valence-corrected chi connectivity index (χ0v) is 10.1. The highest BCUT2D eigenvalue weighted by atomic mass is 35.5. The number of aliphatic hydroxyl groups excluding tert-OH is 1. The summed E-state index contributed by atoms with van der Waals surface area (Å²) in [5.74, 6) is 0.554. The van der Waals surface area contributed by atoms with Crippen LogP contribution in [0.5, 0.6) is 0 Å². The van der Waals surface area contributed by atoms with Crippen molar-refractivity contribution in [2.24, 2.45) is 5.92 Å². The number of halogens is 1. The molecular formula is C9H14ClN3OS. The molecule has 2 atom stereocenters. The second-order valence-electron chi connectivity index (χ2n) is 3.94. The molecule has 0 aliphatic carbocycles. The normalized spacial score (nSPS) is 27.4. The molecule has 1 aromatic rings. The lowest BCUT2D eigenvalue weighted by atomic mass is 10.0. The molecule has 6 heteroatoms. The maximum absolute atomic E-state index is 9.29. The van der Waals surface area contributed by atoms with E-state index in [1.54, 1.807) is 0 Å². The Morgan fingerprint density at radius 3 is 3.00 bits per heavy atom. The van der Waals surface area contributed by atoms with Crippen molar-refractivity contribution in [2.45, 2.75) is 25.9 Å². The van der Waals surface area contributed by atoms with Crippen LogP contribution in [0.15, 0.2) is 0 Å². The average molecular weight is 248 g/mol. The van der Waals surface area contributed by atoms with Gasteiger partial charge in [-0.05, 0) is 30.5 Å². The summed E-state index contributed by atoms with van der Waals surface area (Å²) in [6.45, 7) is 4.16. The second-order valence-corrected chi connectivity index (χ2v) is 5.58. The molecular weight excluding hydrogens is 234 g/mol. The van der Waals surface area contributed by atoms with Crippen LogP contribution in [0.2, 0.25) is 4.47 Å². The predicted octanol–water partition coefficient (Wildman–Crippen LogP) is 1.39. The van der Waals surface area contributed by atoms with Crippen molar-refractivity contribution in [1.29, 1.82) is 0 Å². The minimum atomic E-state index is 0.216. The van der Waals surface area contributed by atoms with E-state index in [0.717, 1.165) is 24.5 Å². The van der Waals surface area contributed by atoms with E-state index in [4.69, 9.17) is 11.6 Å². The monoisotopic (exact) mass is 247 g/mol. The highest BCUT2D eigenvalue weighted by Gasteiger charge is 2.30. The second kappa shape index (κ2) is 4.74. The number of hydrogen-bond acceptors (Lipinski definition) is 5. The largest absolute Gasteiger partial charge is 0.395 e. The van der Waals surface area contributed by atoms with Gasteiger partial charge in [0.05, 0.1) is 13.2 Å². The lowest BCUT2D eigenvalue weighted by Crippen LogP contribution is -2.34. The van der Waals surface area contributed by atoms with Crippen LogP contribution < -0.4 is 0 Å². The van der Waals surface area contributed by atoms with Gasteiger partial charge in [-0.3, -0.25) is 4.90 Å². The van der Waals surface area contributed by atoms with Gasteiger partial charge < -0.3 is 5.11 Å². The maximum atomic E-state index is 9.29. The van der Waals surface area contributed by atoms with Gasteiger partial charge in [0, 0.05) is 6.04 Å². The maximum Gasteiger partial charge on any atom is 0.207 e. The summed E-state index contributed by atoms with van der Waals surface area (Å²) in [6.07, 6.45) is 1.14. The summed E-state index contributed by atoms with van der Waals surface area (Å²) in [7, 11) is 0. The summed E-state index contributed by atoms with van der Waals surface area (Å²) in [5.41, 5.74) is 0. The van der Waals surface area contributed by atoms with Gasteiger partial charge in [0.2, 0.25) is 4.47 Å². The zero-order valence-electron chi connectivity index (χ0n) is 8.56. The number of hydrogen-bond donors (Lipinski definition) is 1. The van der Waals surface area contributed by atoms with Gasteiger partial charge in [-0.15, -0.1) is 10.2 Å². The molecule has 0 aromatic carbocycles. The molecule has 1 N–H and O–H groups in total. The van der Waals surface area contributed by atoms with E-state index in [1.165, 1.54) is 11.3 Å². The fourth-order valence-electron chi connectivity index (χ4n) is 2.05.